The highest BCUT2D eigenvalue weighted by Gasteiger charge is 2.14. The minimum Gasteiger partial charge on any atom is -0.468 e. The normalized spacial score (nSPS) is 11.0. The molecule has 0 spiro atoms. The monoisotopic (exact) mass is 297 g/mol. The number of aromatic nitrogens is 3. The lowest BCUT2D eigenvalue weighted by atomic mass is 10.3. The molecule has 2 heterocycles. The summed E-state index contributed by atoms with van der Waals surface area (Å²) >= 11 is 1.35. The van der Waals surface area contributed by atoms with Crippen molar-refractivity contribution < 1.29 is 9.21 Å². The van der Waals surface area contributed by atoms with Gasteiger partial charge in [0.1, 0.15) is 12.0 Å². The van der Waals surface area contributed by atoms with E-state index in [0.29, 0.717) is 22.2 Å². The van der Waals surface area contributed by atoms with Crippen LogP contribution in [0.15, 0.2) is 26.7 Å². The Labute approximate surface area is 118 Å². The van der Waals surface area contributed by atoms with Crippen LogP contribution in [0.25, 0.3) is 0 Å². The van der Waals surface area contributed by atoms with Crippen molar-refractivity contribution in [1.82, 2.24) is 20.2 Å². The number of thioether (sulfide) groups is 1. The van der Waals surface area contributed by atoms with E-state index in [1.54, 1.807) is 10.6 Å². The zero-order valence-electron chi connectivity index (χ0n) is 11.0. The van der Waals surface area contributed by atoms with E-state index >= 15 is 0 Å². The number of nitrogens with zero attached hydrogens (tertiary/aromatic N) is 2. The van der Waals surface area contributed by atoms with Gasteiger partial charge in [-0.25, -0.2) is 15.7 Å². The number of hydrogen-bond donors (Lipinski definition) is 3. The fourth-order valence-electron chi connectivity index (χ4n) is 1.64. The summed E-state index contributed by atoms with van der Waals surface area (Å²) < 4.78 is 6.81. The number of carbonyl (C=O) groups is 1. The predicted octanol–water partition coefficient (Wildman–Crippen LogP) is 0.641. The van der Waals surface area contributed by atoms with Crippen LogP contribution in [0.3, 0.4) is 0 Å². The predicted molar refractivity (Wildman–Crippen MR) is 73.2 cm³/mol. The standard InChI is InChI=1S/C11H15N5O3S/c1-6(2)16-10(18)14-15-11(16)20-5-8-3-7(4-19-8)9(17)13-12/h3-4,6H,5,12H2,1-2H3,(H,13,17)(H,14,18). The SMILES string of the molecule is CC(C)n1c(SCc2cc(C(=O)NN)co2)n[nH]c1=O. The molecular formula is C11H15N5O3S. The van der Waals surface area contributed by atoms with E-state index in [-0.39, 0.29) is 11.7 Å². The molecule has 0 unspecified atom stereocenters. The zero-order chi connectivity index (χ0) is 14.7. The number of aromatic amines is 1. The lowest BCUT2D eigenvalue weighted by Gasteiger charge is -2.07. The summed E-state index contributed by atoms with van der Waals surface area (Å²) in [5.41, 5.74) is 2.14. The summed E-state index contributed by atoms with van der Waals surface area (Å²) in [4.78, 5) is 22.8. The number of nitrogens with one attached hydrogen (secondary N) is 2. The van der Waals surface area contributed by atoms with Gasteiger partial charge in [-0.3, -0.25) is 14.8 Å². The number of furan rings is 1. The van der Waals surface area contributed by atoms with Gasteiger partial charge >= 0.3 is 5.69 Å². The molecule has 1 amide bonds. The van der Waals surface area contributed by atoms with E-state index < -0.39 is 5.91 Å². The highest BCUT2D eigenvalue weighted by molar-refractivity contribution is 7.98. The van der Waals surface area contributed by atoms with Crippen LogP contribution in [0.1, 0.15) is 36.0 Å². The number of H-pyrrole nitrogens is 1. The summed E-state index contributed by atoms with van der Waals surface area (Å²) in [5.74, 6) is 5.67. The topological polar surface area (TPSA) is 119 Å². The molecule has 0 bridgehead atoms. The van der Waals surface area contributed by atoms with Crippen molar-refractivity contribution in [2.45, 2.75) is 30.8 Å². The number of rotatable bonds is 5. The second kappa shape index (κ2) is 5.97. The van der Waals surface area contributed by atoms with Crippen molar-refractivity contribution in [3.8, 4) is 0 Å². The molecule has 9 heteroatoms. The van der Waals surface area contributed by atoms with Gasteiger partial charge in [-0.05, 0) is 19.9 Å². The fraction of sp³-hybridized carbons (Fsp3) is 0.364. The summed E-state index contributed by atoms with van der Waals surface area (Å²) in [7, 11) is 0. The average Bonchev–Trinajstić information content (AvgIpc) is 3.02. The number of nitrogens with two attached hydrogens (primary N) is 1. The van der Waals surface area contributed by atoms with E-state index in [1.807, 2.05) is 19.3 Å². The van der Waals surface area contributed by atoms with Crippen LogP contribution in [0.5, 0.6) is 0 Å². The molecule has 0 aliphatic heterocycles. The van der Waals surface area contributed by atoms with Gasteiger partial charge in [-0.2, -0.15) is 0 Å². The van der Waals surface area contributed by atoms with E-state index in [9.17, 15) is 9.59 Å². The van der Waals surface area contributed by atoms with Gasteiger partial charge in [0.2, 0.25) is 0 Å². The molecule has 0 aliphatic carbocycles. The second-order valence-electron chi connectivity index (χ2n) is 4.34. The van der Waals surface area contributed by atoms with Crippen LogP contribution in [-0.4, -0.2) is 20.7 Å². The van der Waals surface area contributed by atoms with Crippen LogP contribution < -0.4 is 17.0 Å². The lowest BCUT2D eigenvalue weighted by Crippen LogP contribution is -2.29. The molecule has 0 saturated carbocycles. The Morgan fingerprint density at radius 2 is 2.40 bits per heavy atom. The van der Waals surface area contributed by atoms with Crippen LogP contribution >= 0.6 is 11.8 Å². The Bertz CT molecular complexity index is 657. The Hall–Kier alpha value is -2.00. The quantitative estimate of drug-likeness (QED) is 0.322. The fourth-order valence-corrected chi connectivity index (χ4v) is 2.61. The van der Waals surface area contributed by atoms with E-state index in [2.05, 4.69) is 10.2 Å². The number of nitrogen functional groups attached to an aromatic ring is 1. The molecule has 2 aromatic rings. The van der Waals surface area contributed by atoms with Gasteiger partial charge in [0.05, 0.1) is 11.3 Å². The third-order valence-electron chi connectivity index (χ3n) is 2.58. The van der Waals surface area contributed by atoms with Crippen LogP contribution in [0, 0.1) is 0 Å². The van der Waals surface area contributed by atoms with Crippen molar-refractivity contribution in [1.29, 1.82) is 0 Å². The molecule has 0 aliphatic rings. The van der Waals surface area contributed by atoms with Gasteiger partial charge in [0, 0.05) is 6.04 Å². The molecule has 108 valence electrons. The van der Waals surface area contributed by atoms with Gasteiger partial charge in [-0.15, -0.1) is 5.10 Å². The molecule has 8 nitrogen and oxygen atoms in total. The Morgan fingerprint density at radius 3 is 3.05 bits per heavy atom. The maximum absolute atomic E-state index is 11.6. The third kappa shape index (κ3) is 2.94. The summed E-state index contributed by atoms with van der Waals surface area (Å²) in [6.07, 6.45) is 1.33. The van der Waals surface area contributed by atoms with E-state index in [4.69, 9.17) is 10.3 Å². The first-order valence-electron chi connectivity index (χ1n) is 5.91. The minimum absolute atomic E-state index is 0.0129. The molecule has 0 radical (unpaired) electrons. The smallest absolute Gasteiger partial charge is 0.344 e. The van der Waals surface area contributed by atoms with Crippen molar-refractivity contribution >= 4 is 17.7 Å². The largest absolute Gasteiger partial charge is 0.468 e. The summed E-state index contributed by atoms with van der Waals surface area (Å²) in [6.45, 7) is 3.80. The Morgan fingerprint density at radius 1 is 1.65 bits per heavy atom. The van der Waals surface area contributed by atoms with E-state index in [1.165, 1.54) is 18.0 Å². The van der Waals surface area contributed by atoms with Gasteiger partial charge < -0.3 is 4.42 Å². The Balaban J connectivity index is 2.08. The Kier molecular flexibility index (Phi) is 4.30. The number of amides is 1. The van der Waals surface area contributed by atoms with Gasteiger partial charge in [0.25, 0.3) is 5.91 Å². The van der Waals surface area contributed by atoms with Crippen molar-refractivity contribution in [2.24, 2.45) is 5.84 Å². The molecule has 0 saturated heterocycles. The van der Waals surface area contributed by atoms with Crippen LogP contribution in [-0.2, 0) is 5.75 Å². The number of hydrazine groups is 1. The first-order valence-corrected chi connectivity index (χ1v) is 6.89. The third-order valence-corrected chi connectivity index (χ3v) is 3.55. The average molecular weight is 297 g/mol. The van der Waals surface area contributed by atoms with Crippen LogP contribution in [0.2, 0.25) is 0 Å². The summed E-state index contributed by atoms with van der Waals surface area (Å²) in [6, 6.07) is 1.61. The second-order valence-corrected chi connectivity index (χ2v) is 5.28. The molecule has 4 N–H and O–H groups in total. The van der Waals surface area contributed by atoms with Crippen molar-refractivity contribution in [3.05, 3.63) is 34.1 Å². The molecule has 2 rings (SSSR count). The molecule has 20 heavy (non-hydrogen) atoms. The number of hydrogen-bond acceptors (Lipinski definition) is 6. The highest BCUT2D eigenvalue weighted by atomic mass is 32.2. The van der Waals surface area contributed by atoms with Gasteiger partial charge in [0.15, 0.2) is 5.16 Å². The van der Waals surface area contributed by atoms with Crippen molar-refractivity contribution in [2.75, 3.05) is 0 Å². The molecule has 0 aromatic carbocycles. The van der Waals surface area contributed by atoms with Crippen molar-refractivity contribution in [3.63, 3.8) is 0 Å². The van der Waals surface area contributed by atoms with Gasteiger partial charge in [-0.1, -0.05) is 11.8 Å². The van der Waals surface area contributed by atoms with Crippen LogP contribution in [0.4, 0.5) is 0 Å². The molecule has 2 aromatic heterocycles. The maximum atomic E-state index is 11.6. The van der Waals surface area contributed by atoms with E-state index in [0.717, 1.165) is 0 Å². The summed E-state index contributed by atoms with van der Waals surface area (Å²) in [5, 5.41) is 6.95. The first kappa shape index (κ1) is 14.4. The zero-order valence-corrected chi connectivity index (χ0v) is 11.9. The molecule has 0 fully saturated rings. The lowest BCUT2D eigenvalue weighted by molar-refractivity contribution is 0.0953. The molecular weight excluding hydrogens is 282 g/mol. The first-order chi connectivity index (χ1) is 9.52. The minimum atomic E-state index is -0.413. The maximum Gasteiger partial charge on any atom is 0.344 e. The highest BCUT2D eigenvalue weighted by Crippen LogP contribution is 2.22. The number of carbonyl (C=O) groups excluding carboxylic acids is 1. The molecule has 0 atom stereocenters.